The van der Waals surface area contributed by atoms with Crippen LogP contribution in [-0.2, 0) is 9.59 Å². The average Bonchev–Trinajstić information content (AvgIpc) is 2.94. The Morgan fingerprint density at radius 3 is 2.96 bits per heavy atom. The van der Waals surface area contributed by atoms with Crippen LogP contribution in [0.3, 0.4) is 0 Å². The zero-order valence-electron chi connectivity index (χ0n) is 13.3. The zero-order valence-corrected chi connectivity index (χ0v) is 13.3. The second-order valence-corrected chi connectivity index (χ2v) is 5.90. The van der Waals surface area contributed by atoms with Gasteiger partial charge in [-0.1, -0.05) is 11.8 Å². The average molecular weight is 333 g/mol. The van der Waals surface area contributed by atoms with Crippen LogP contribution < -0.4 is 5.32 Å². The topological polar surface area (TPSA) is 84.2 Å². The molecule has 1 saturated heterocycles. The lowest BCUT2D eigenvalue weighted by Gasteiger charge is -2.23. The van der Waals surface area contributed by atoms with Gasteiger partial charge in [0.15, 0.2) is 0 Å². The van der Waals surface area contributed by atoms with E-state index in [1.54, 1.807) is 6.20 Å². The Balaban J connectivity index is 1.96. The lowest BCUT2D eigenvalue weighted by Crippen LogP contribution is -2.41. The summed E-state index contributed by atoms with van der Waals surface area (Å²) in [6, 6.07) is 9.03. The molecule has 0 saturated carbocycles. The second-order valence-electron chi connectivity index (χ2n) is 5.90. The van der Waals surface area contributed by atoms with Crippen molar-refractivity contribution in [2.45, 2.75) is 18.9 Å². The van der Waals surface area contributed by atoms with Gasteiger partial charge in [0.1, 0.15) is 18.3 Å². The zero-order chi connectivity index (χ0) is 17.4. The van der Waals surface area contributed by atoms with Crippen molar-refractivity contribution in [1.82, 2.24) is 14.9 Å². The van der Waals surface area contributed by atoms with E-state index in [0.29, 0.717) is 18.5 Å². The minimum absolute atomic E-state index is 0.197. The van der Waals surface area contributed by atoms with Gasteiger partial charge in [-0.25, -0.2) is 4.98 Å². The van der Waals surface area contributed by atoms with E-state index < -0.39 is 6.04 Å². The lowest BCUT2D eigenvalue weighted by atomic mass is 10.1. The van der Waals surface area contributed by atoms with E-state index in [4.69, 9.17) is 5.11 Å². The Morgan fingerprint density at radius 2 is 2.16 bits per heavy atom. The van der Waals surface area contributed by atoms with Crippen LogP contribution in [0.25, 0.3) is 21.9 Å². The first-order valence-corrected chi connectivity index (χ1v) is 8.01. The number of aliphatic hydroxyl groups is 1. The Labute approximate surface area is 143 Å². The fourth-order valence-corrected chi connectivity index (χ4v) is 3.34. The van der Waals surface area contributed by atoms with Crippen molar-refractivity contribution in [2.24, 2.45) is 0 Å². The van der Waals surface area contributed by atoms with Crippen molar-refractivity contribution < 1.29 is 14.7 Å². The minimum atomic E-state index is -0.470. The maximum Gasteiger partial charge on any atom is 0.249 e. The number of nitrogens with zero attached hydrogens (tertiary/aromatic N) is 2. The number of piperidine rings is 1. The molecule has 1 atom stereocenters. The maximum absolute atomic E-state index is 12.4. The van der Waals surface area contributed by atoms with E-state index >= 15 is 0 Å². The van der Waals surface area contributed by atoms with E-state index in [9.17, 15) is 9.59 Å². The molecule has 2 aromatic heterocycles. The van der Waals surface area contributed by atoms with Crippen molar-refractivity contribution in [3.8, 4) is 11.8 Å². The SMILES string of the molecule is O=C1CCC(n2c3ccc(C#CCO)cc3c3cccnc32)C(=O)N1. The van der Waals surface area contributed by atoms with Crippen molar-refractivity contribution >= 4 is 33.8 Å². The molecule has 124 valence electrons. The predicted octanol–water partition coefficient (Wildman–Crippen LogP) is 1.51. The molecule has 3 heterocycles. The number of amides is 2. The maximum atomic E-state index is 12.4. The van der Waals surface area contributed by atoms with Crippen LogP contribution in [0.1, 0.15) is 24.4 Å². The van der Waals surface area contributed by atoms with Crippen LogP contribution in [-0.4, -0.2) is 33.1 Å². The number of aromatic nitrogens is 2. The van der Waals surface area contributed by atoms with Gasteiger partial charge in [0.25, 0.3) is 0 Å². The summed E-state index contributed by atoms with van der Waals surface area (Å²) < 4.78 is 1.90. The van der Waals surface area contributed by atoms with E-state index in [1.807, 2.05) is 34.9 Å². The summed E-state index contributed by atoms with van der Waals surface area (Å²) in [5, 5.41) is 13.2. The van der Waals surface area contributed by atoms with Crippen LogP contribution in [0.5, 0.6) is 0 Å². The van der Waals surface area contributed by atoms with Crippen molar-refractivity contribution in [3.05, 3.63) is 42.1 Å². The van der Waals surface area contributed by atoms with Gasteiger partial charge < -0.3 is 9.67 Å². The van der Waals surface area contributed by atoms with Crippen LogP contribution in [0.15, 0.2) is 36.5 Å². The molecule has 25 heavy (non-hydrogen) atoms. The molecule has 4 rings (SSSR count). The number of hydrogen-bond donors (Lipinski definition) is 2. The minimum Gasteiger partial charge on any atom is -0.384 e. The standard InChI is InChI=1S/C19H15N3O3/c23-10-2-3-12-5-6-15-14(11-12)13-4-1-9-20-18(13)22(15)16-7-8-17(24)21-19(16)25/h1,4-6,9,11,16,23H,7-8,10H2,(H,21,24,25). The smallest absolute Gasteiger partial charge is 0.249 e. The molecule has 1 aliphatic rings. The molecule has 1 unspecified atom stereocenters. The third-order valence-electron chi connectivity index (χ3n) is 4.39. The van der Waals surface area contributed by atoms with Gasteiger partial charge in [-0.2, -0.15) is 0 Å². The third kappa shape index (κ3) is 2.55. The molecule has 0 bridgehead atoms. The summed E-state index contributed by atoms with van der Waals surface area (Å²) in [6.45, 7) is -0.197. The molecule has 3 aromatic rings. The number of nitrogens with one attached hydrogen (secondary N) is 1. The molecule has 0 spiro atoms. The summed E-state index contributed by atoms with van der Waals surface area (Å²) in [5.41, 5.74) is 2.37. The first-order chi connectivity index (χ1) is 12.2. The number of pyridine rings is 1. The number of carbonyl (C=O) groups excluding carboxylic acids is 2. The van der Waals surface area contributed by atoms with Crippen molar-refractivity contribution in [2.75, 3.05) is 6.61 Å². The van der Waals surface area contributed by atoms with Crippen LogP contribution in [0, 0.1) is 11.8 Å². The number of hydrogen-bond acceptors (Lipinski definition) is 4. The van der Waals surface area contributed by atoms with Gasteiger partial charge in [-0.3, -0.25) is 14.9 Å². The van der Waals surface area contributed by atoms with Crippen LogP contribution in [0.4, 0.5) is 0 Å². The Morgan fingerprint density at radius 1 is 1.28 bits per heavy atom. The predicted molar refractivity (Wildman–Crippen MR) is 92.6 cm³/mol. The van der Waals surface area contributed by atoms with Gasteiger partial charge in [0.05, 0.1) is 5.52 Å². The summed E-state index contributed by atoms with van der Waals surface area (Å²) >= 11 is 0. The molecule has 2 amide bonds. The highest BCUT2D eigenvalue weighted by molar-refractivity contribution is 6.09. The van der Waals surface area contributed by atoms with Gasteiger partial charge in [0.2, 0.25) is 11.8 Å². The van der Waals surface area contributed by atoms with E-state index in [0.717, 1.165) is 21.9 Å². The molecule has 1 aliphatic heterocycles. The molecule has 6 nitrogen and oxygen atoms in total. The number of rotatable bonds is 1. The fraction of sp³-hybridized carbons (Fsp3) is 0.211. The molecule has 0 radical (unpaired) electrons. The molecule has 0 aliphatic carbocycles. The number of benzene rings is 1. The number of carbonyl (C=O) groups is 2. The van der Waals surface area contributed by atoms with Gasteiger partial charge >= 0.3 is 0 Å². The first-order valence-electron chi connectivity index (χ1n) is 8.01. The third-order valence-corrected chi connectivity index (χ3v) is 4.39. The Hall–Kier alpha value is -3.17. The van der Waals surface area contributed by atoms with Crippen molar-refractivity contribution in [1.29, 1.82) is 0 Å². The summed E-state index contributed by atoms with van der Waals surface area (Å²) in [7, 11) is 0. The Kier molecular flexibility index (Phi) is 3.71. The highest BCUT2D eigenvalue weighted by atomic mass is 16.2. The molecular formula is C19H15N3O3. The normalized spacial score (nSPS) is 17.4. The molecule has 2 N–H and O–H groups in total. The molecule has 1 fully saturated rings. The summed E-state index contributed by atoms with van der Waals surface area (Å²) in [5.74, 6) is 5.00. The van der Waals surface area contributed by atoms with Gasteiger partial charge in [0, 0.05) is 29.0 Å². The monoisotopic (exact) mass is 333 g/mol. The fourth-order valence-electron chi connectivity index (χ4n) is 3.34. The van der Waals surface area contributed by atoms with E-state index in [-0.39, 0.29) is 18.4 Å². The largest absolute Gasteiger partial charge is 0.384 e. The van der Waals surface area contributed by atoms with Gasteiger partial charge in [-0.15, -0.1) is 0 Å². The lowest BCUT2D eigenvalue weighted by molar-refractivity contribution is -0.135. The highest BCUT2D eigenvalue weighted by Crippen LogP contribution is 2.33. The highest BCUT2D eigenvalue weighted by Gasteiger charge is 2.30. The van der Waals surface area contributed by atoms with E-state index in [2.05, 4.69) is 22.1 Å². The molecule has 6 heteroatoms. The number of aliphatic hydroxyl groups excluding tert-OH is 1. The van der Waals surface area contributed by atoms with Gasteiger partial charge in [-0.05, 0) is 36.8 Å². The quantitative estimate of drug-likeness (QED) is 0.522. The van der Waals surface area contributed by atoms with Crippen LogP contribution in [0.2, 0.25) is 0 Å². The van der Waals surface area contributed by atoms with E-state index in [1.165, 1.54) is 0 Å². The molecular weight excluding hydrogens is 318 g/mol. The second kappa shape index (κ2) is 6.04. The first kappa shape index (κ1) is 15.4. The Bertz CT molecular complexity index is 1070. The molecule has 1 aromatic carbocycles. The summed E-state index contributed by atoms with van der Waals surface area (Å²) in [4.78, 5) is 28.3. The van der Waals surface area contributed by atoms with Crippen molar-refractivity contribution in [3.63, 3.8) is 0 Å². The summed E-state index contributed by atoms with van der Waals surface area (Å²) in [6.07, 6.45) is 2.45. The van der Waals surface area contributed by atoms with Crippen LogP contribution >= 0.6 is 0 Å². The number of fused-ring (bicyclic) bond motifs is 3. The number of imide groups is 1.